The highest BCUT2D eigenvalue weighted by molar-refractivity contribution is 6.30. The first-order chi connectivity index (χ1) is 8.37. The maximum Gasteiger partial charge on any atom is 0.410 e. The van der Waals surface area contributed by atoms with Crippen LogP contribution in [0.4, 0.5) is 4.79 Å². The molecule has 0 saturated heterocycles. The first-order valence-corrected chi connectivity index (χ1v) is 6.21. The maximum atomic E-state index is 12.0. The summed E-state index contributed by atoms with van der Waals surface area (Å²) >= 11 is 5.99. The molecule has 1 aromatic rings. The van der Waals surface area contributed by atoms with E-state index < -0.39 is 5.60 Å². The summed E-state index contributed by atoms with van der Waals surface area (Å²) in [7, 11) is 0. The Morgan fingerprint density at radius 1 is 1.50 bits per heavy atom. The molecule has 0 aliphatic carbocycles. The normalized spacial score (nSPS) is 15.2. The number of hydrogen-bond acceptors (Lipinski definition) is 4. The van der Waals surface area contributed by atoms with E-state index in [2.05, 4.69) is 10.2 Å². The number of carbonyl (C=O) groups excluding carboxylic acids is 1. The summed E-state index contributed by atoms with van der Waals surface area (Å²) in [5.74, 6) is 0. The second-order valence-electron chi connectivity index (χ2n) is 5.29. The molecule has 1 aromatic heterocycles. The Balaban J connectivity index is 2.12. The predicted molar refractivity (Wildman–Crippen MR) is 67.4 cm³/mol. The molecule has 2 heterocycles. The van der Waals surface area contributed by atoms with Crippen molar-refractivity contribution >= 4 is 17.7 Å². The molecule has 1 aliphatic heterocycles. The fourth-order valence-corrected chi connectivity index (χ4v) is 2.03. The minimum atomic E-state index is -0.488. The molecule has 1 aliphatic rings. The van der Waals surface area contributed by atoms with Crippen molar-refractivity contribution in [1.82, 2.24) is 15.1 Å². The van der Waals surface area contributed by atoms with E-state index in [1.165, 1.54) is 0 Å². The Morgan fingerprint density at radius 2 is 2.22 bits per heavy atom. The van der Waals surface area contributed by atoms with Gasteiger partial charge in [0.2, 0.25) is 0 Å². The third-order valence-electron chi connectivity index (χ3n) is 2.65. The van der Waals surface area contributed by atoms with Crippen LogP contribution in [-0.2, 0) is 17.7 Å². The first-order valence-electron chi connectivity index (χ1n) is 5.84. The molecule has 6 heteroatoms. The Bertz CT molecular complexity index is 471. The topological polar surface area (TPSA) is 55.3 Å². The van der Waals surface area contributed by atoms with Gasteiger partial charge in [-0.25, -0.2) is 4.79 Å². The summed E-state index contributed by atoms with van der Waals surface area (Å²) in [6.07, 6.45) is 2.11. The number of amides is 1. The number of fused-ring (bicyclic) bond motifs is 1. The second-order valence-corrected chi connectivity index (χ2v) is 5.65. The monoisotopic (exact) mass is 269 g/mol. The van der Waals surface area contributed by atoms with E-state index in [0.29, 0.717) is 18.2 Å². The molecular weight excluding hydrogens is 254 g/mol. The Hall–Kier alpha value is -1.36. The van der Waals surface area contributed by atoms with Gasteiger partial charge in [0.15, 0.2) is 5.15 Å². The zero-order chi connectivity index (χ0) is 13.3. The second kappa shape index (κ2) is 4.72. The summed E-state index contributed by atoms with van der Waals surface area (Å²) < 4.78 is 5.34. The SMILES string of the molecule is CC(C)(C)OC(=O)N1CCc2cnnc(Cl)c2C1. The van der Waals surface area contributed by atoms with Crippen LogP contribution < -0.4 is 0 Å². The summed E-state index contributed by atoms with van der Waals surface area (Å²) in [5, 5.41) is 7.97. The van der Waals surface area contributed by atoms with E-state index in [0.717, 1.165) is 17.5 Å². The summed E-state index contributed by atoms with van der Waals surface area (Å²) in [6.45, 7) is 6.59. The van der Waals surface area contributed by atoms with Gasteiger partial charge in [0.25, 0.3) is 0 Å². The third-order valence-corrected chi connectivity index (χ3v) is 2.95. The maximum absolute atomic E-state index is 12.0. The summed E-state index contributed by atoms with van der Waals surface area (Å²) in [6, 6.07) is 0. The zero-order valence-corrected chi connectivity index (χ0v) is 11.5. The van der Waals surface area contributed by atoms with Gasteiger partial charge in [-0.1, -0.05) is 11.6 Å². The lowest BCUT2D eigenvalue weighted by atomic mass is 10.0. The Kier molecular flexibility index (Phi) is 3.43. The van der Waals surface area contributed by atoms with Crippen LogP contribution in [0.5, 0.6) is 0 Å². The van der Waals surface area contributed by atoms with Crippen LogP contribution in [0.2, 0.25) is 5.15 Å². The molecule has 0 unspecified atom stereocenters. The van der Waals surface area contributed by atoms with Gasteiger partial charge >= 0.3 is 6.09 Å². The van der Waals surface area contributed by atoms with Crippen LogP contribution in [0.15, 0.2) is 6.20 Å². The predicted octanol–water partition coefficient (Wildman–Crippen LogP) is 2.42. The molecule has 0 N–H and O–H groups in total. The Morgan fingerprint density at radius 3 is 2.89 bits per heavy atom. The minimum absolute atomic E-state index is 0.318. The number of ether oxygens (including phenoxy) is 1. The van der Waals surface area contributed by atoms with Crippen LogP contribution in [0, 0.1) is 0 Å². The van der Waals surface area contributed by atoms with E-state index >= 15 is 0 Å². The number of aromatic nitrogens is 2. The van der Waals surface area contributed by atoms with Crippen molar-refractivity contribution in [3.63, 3.8) is 0 Å². The highest BCUT2D eigenvalue weighted by Crippen LogP contribution is 2.24. The van der Waals surface area contributed by atoms with Crippen molar-refractivity contribution in [2.75, 3.05) is 6.54 Å². The molecule has 18 heavy (non-hydrogen) atoms. The molecule has 0 radical (unpaired) electrons. The average Bonchev–Trinajstić information content (AvgIpc) is 2.27. The van der Waals surface area contributed by atoms with Gasteiger partial charge in [0.1, 0.15) is 5.60 Å². The molecule has 98 valence electrons. The quantitative estimate of drug-likeness (QED) is 0.726. The highest BCUT2D eigenvalue weighted by atomic mass is 35.5. The van der Waals surface area contributed by atoms with Gasteiger partial charge in [-0.05, 0) is 32.8 Å². The van der Waals surface area contributed by atoms with Crippen LogP contribution in [0.25, 0.3) is 0 Å². The van der Waals surface area contributed by atoms with E-state index in [1.807, 2.05) is 20.8 Å². The molecule has 0 fully saturated rings. The van der Waals surface area contributed by atoms with Gasteiger partial charge in [-0.15, -0.1) is 5.10 Å². The van der Waals surface area contributed by atoms with Crippen molar-refractivity contribution in [3.05, 3.63) is 22.5 Å². The molecule has 0 atom stereocenters. The fourth-order valence-electron chi connectivity index (χ4n) is 1.81. The molecule has 2 rings (SSSR count). The molecule has 1 amide bonds. The first kappa shape index (κ1) is 13.1. The average molecular weight is 270 g/mol. The van der Waals surface area contributed by atoms with Crippen LogP contribution in [0.1, 0.15) is 31.9 Å². The summed E-state index contributed by atoms with van der Waals surface area (Å²) in [4.78, 5) is 13.6. The van der Waals surface area contributed by atoms with Crippen LogP contribution in [-0.4, -0.2) is 33.3 Å². The van der Waals surface area contributed by atoms with Crippen molar-refractivity contribution in [2.45, 2.75) is 39.3 Å². The molecule has 0 saturated carbocycles. The molecule has 0 bridgehead atoms. The fraction of sp³-hybridized carbons (Fsp3) is 0.583. The van der Waals surface area contributed by atoms with Crippen molar-refractivity contribution in [2.24, 2.45) is 0 Å². The minimum Gasteiger partial charge on any atom is -0.444 e. The van der Waals surface area contributed by atoms with Crippen molar-refractivity contribution in [1.29, 1.82) is 0 Å². The lowest BCUT2D eigenvalue weighted by Crippen LogP contribution is -2.40. The number of carbonyl (C=O) groups is 1. The van der Waals surface area contributed by atoms with Crippen molar-refractivity contribution < 1.29 is 9.53 Å². The van der Waals surface area contributed by atoms with Crippen molar-refractivity contribution in [3.8, 4) is 0 Å². The van der Waals surface area contributed by atoms with Gasteiger partial charge in [-0.2, -0.15) is 5.10 Å². The number of nitrogens with zero attached hydrogens (tertiary/aromatic N) is 3. The van der Waals surface area contributed by atoms with E-state index in [-0.39, 0.29) is 6.09 Å². The molecule has 0 spiro atoms. The zero-order valence-electron chi connectivity index (χ0n) is 10.7. The number of hydrogen-bond donors (Lipinski definition) is 0. The van der Waals surface area contributed by atoms with Gasteiger partial charge < -0.3 is 9.64 Å². The molecule has 5 nitrogen and oxygen atoms in total. The van der Waals surface area contributed by atoms with E-state index in [1.54, 1.807) is 11.1 Å². The van der Waals surface area contributed by atoms with Crippen LogP contribution >= 0.6 is 11.6 Å². The largest absolute Gasteiger partial charge is 0.444 e. The molecule has 0 aromatic carbocycles. The van der Waals surface area contributed by atoms with E-state index in [4.69, 9.17) is 16.3 Å². The molecular formula is C12H16ClN3O2. The smallest absolute Gasteiger partial charge is 0.410 e. The number of halogens is 1. The lowest BCUT2D eigenvalue weighted by Gasteiger charge is -2.31. The highest BCUT2D eigenvalue weighted by Gasteiger charge is 2.27. The van der Waals surface area contributed by atoms with Crippen LogP contribution in [0.3, 0.4) is 0 Å². The van der Waals surface area contributed by atoms with E-state index in [9.17, 15) is 4.79 Å². The number of rotatable bonds is 0. The van der Waals surface area contributed by atoms with Gasteiger partial charge in [-0.3, -0.25) is 0 Å². The standard InChI is InChI=1S/C12H16ClN3O2/c1-12(2,3)18-11(17)16-5-4-8-6-14-15-10(13)9(8)7-16/h6H,4-5,7H2,1-3H3. The van der Waals surface area contributed by atoms with Gasteiger partial charge in [0, 0.05) is 12.1 Å². The van der Waals surface area contributed by atoms with Gasteiger partial charge in [0.05, 0.1) is 12.7 Å². The Labute approximate surface area is 111 Å². The lowest BCUT2D eigenvalue weighted by molar-refractivity contribution is 0.0223. The summed E-state index contributed by atoms with van der Waals surface area (Å²) in [5.41, 5.74) is 1.43. The third kappa shape index (κ3) is 2.90.